The van der Waals surface area contributed by atoms with Crippen LogP contribution in [-0.2, 0) is 14.8 Å². The van der Waals surface area contributed by atoms with Crippen molar-refractivity contribution in [1.82, 2.24) is 9.21 Å². The highest BCUT2D eigenvalue weighted by Crippen LogP contribution is 2.32. The summed E-state index contributed by atoms with van der Waals surface area (Å²) in [5, 5.41) is 11.5. The van der Waals surface area contributed by atoms with Gasteiger partial charge in [-0.3, -0.25) is 14.9 Å². The molecule has 0 aromatic heterocycles. The number of likely N-dealkylation sites (N-methyl/N-ethyl adjacent to an activating group) is 2. The van der Waals surface area contributed by atoms with E-state index in [2.05, 4.69) is 0 Å². The average Bonchev–Trinajstić information content (AvgIpc) is 3.17. The van der Waals surface area contributed by atoms with Crippen LogP contribution in [0.2, 0.25) is 0 Å². The number of benzene rings is 1. The fourth-order valence-corrected chi connectivity index (χ4v) is 4.71. The number of nitro benzene ring substituents is 1. The fourth-order valence-electron chi connectivity index (χ4n) is 3.17. The number of hydrogen-bond acceptors (Lipinski definition) is 6. The lowest BCUT2D eigenvalue weighted by Gasteiger charge is -2.24. The Balaban J connectivity index is 2.33. The molecular formula is C17H26N4O5S. The summed E-state index contributed by atoms with van der Waals surface area (Å²) in [6.07, 6.45) is 1.57. The standard InChI is InChI=1S/C17H26N4O5S/c1-4-19(5-2)17(22)13-18(3)15-9-8-14(12-16(15)21(23)24)27(25,26)20-10-6-7-11-20/h8-9,12H,4-7,10-11,13H2,1-3H3. The van der Waals surface area contributed by atoms with E-state index in [-0.39, 0.29) is 28.7 Å². The number of rotatable bonds is 8. The van der Waals surface area contributed by atoms with Gasteiger partial charge in [-0.2, -0.15) is 4.31 Å². The van der Waals surface area contributed by atoms with E-state index >= 15 is 0 Å². The van der Waals surface area contributed by atoms with Crippen LogP contribution in [0.15, 0.2) is 23.1 Å². The van der Waals surface area contributed by atoms with Crippen molar-refractivity contribution in [2.24, 2.45) is 0 Å². The highest BCUT2D eigenvalue weighted by atomic mass is 32.2. The maximum atomic E-state index is 12.7. The van der Waals surface area contributed by atoms with E-state index in [9.17, 15) is 23.3 Å². The summed E-state index contributed by atoms with van der Waals surface area (Å²) >= 11 is 0. The molecule has 0 spiro atoms. The number of carbonyl (C=O) groups excluding carboxylic acids is 1. The second kappa shape index (κ2) is 8.66. The van der Waals surface area contributed by atoms with Gasteiger partial charge in [0.2, 0.25) is 15.9 Å². The maximum Gasteiger partial charge on any atom is 0.293 e. The van der Waals surface area contributed by atoms with Crippen molar-refractivity contribution < 1.29 is 18.1 Å². The molecule has 1 aliphatic heterocycles. The summed E-state index contributed by atoms with van der Waals surface area (Å²) in [5.74, 6) is -0.148. The second-order valence-corrected chi connectivity index (χ2v) is 8.38. The van der Waals surface area contributed by atoms with Crippen molar-refractivity contribution in [2.75, 3.05) is 44.7 Å². The molecule has 1 aromatic rings. The normalized spacial score (nSPS) is 14.9. The van der Waals surface area contributed by atoms with E-state index in [1.165, 1.54) is 21.3 Å². The van der Waals surface area contributed by atoms with Gasteiger partial charge in [0.05, 0.1) is 16.4 Å². The third kappa shape index (κ3) is 4.56. The van der Waals surface area contributed by atoms with Crippen LogP contribution in [0.3, 0.4) is 0 Å². The molecule has 0 aliphatic carbocycles. The Bertz CT molecular complexity index is 802. The van der Waals surface area contributed by atoms with Gasteiger partial charge in [-0.1, -0.05) is 0 Å². The summed E-state index contributed by atoms with van der Waals surface area (Å²) in [4.78, 5) is 26.2. The summed E-state index contributed by atoms with van der Waals surface area (Å²) in [7, 11) is -2.16. The first kappa shape index (κ1) is 21.1. The van der Waals surface area contributed by atoms with E-state index in [0.29, 0.717) is 26.2 Å². The first-order chi connectivity index (χ1) is 12.7. The van der Waals surface area contributed by atoms with Crippen molar-refractivity contribution >= 4 is 27.3 Å². The minimum Gasteiger partial charge on any atom is -0.360 e. The van der Waals surface area contributed by atoms with Gasteiger partial charge in [0.25, 0.3) is 5.69 Å². The van der Waals surface area contributed by atoms with E-state index in [1.807, 2.05) is 13.8 Å². The number of amides is 1. The average molecular weight is 398 g/mol. The molecule has 10 heteroatoms. The van der Waals surface area contributed by atoms with Crippen molar-refractivity contribution in [3.63, 3.8) is 0 Å². The molecule has 1 aromatic carbocycles. The zero-order chi connectivity index (χ0) is 20.2. The molecule has 0 unspecified atom stereocenters. The molecular weight excluding hydrogens is 372 g/mol. The Hall–Kier alpha value is -2.20. The summed E-state index contributed by atoms with van der Waals surface area (Å²) < 4.78 is 26.7. The monoisotopic (exact) mass is 398 g/mol. The van der Waals surface area contributed by atoms with Gasteiger partial charge in [0.15, 0.2) is 0 Å². The zero-order valence-corrected chi connectivity index (χ0v) is 16.7. The molecule has 0 bridgehead atoms. The Morgan fingerprint density at radius 2 is 1.81 bits per heavy atom. The van der Waals surface area contributed by atoms with Crippen LogP contribution in [0.5, 0.6) is 0 Å². The summed E-state index contributed by atoms with van der Waals surface area (Å²) in [6.45, 7) is 5.66. The molecule has 1 fully saturated rings. The number of hydrogen-bond donors (Lipinski definition) is 0. The molecule has 0 saturated carbocycles. The van der Waals surface area contributed by atoms with Crippen molar-refractivity contribution in [1.29, 1.82) is 0 Å². The molecule has 0 N–H and O–H groups in total. The van der Waals surface area contributed by atoms with Crippen molar-refractivity contribution in [2.45, 2.75) is 31.6 Å². The number of carbonyl (C=O) groups is 1. The van der Waals surface area contributed by atoms with Crippen molar-refractivity contribution in [3.8, 4) is 0 Å². The van der Waals surface area contributed by atoms with Gasteiger partial charge in [0.1, 0.15) is 5.69 Å². The number of anilines is 1. The topological polar surface area (TPSA) is 104 Å². The Morgan fingerprint density at radius 3 is 2.33 bits per heavy atom. The maximum absolute atomic E-state index is 12.7. The van der Waals surface area contributed by atoms with E-state index < -0.39 is 14.9 Å². The number of nitro groups is 1. The van der Waals surface area contributed by atoms with Gasteiger partial charge in [0, 0.05) is 39.3 Å². The van der Waals surface area contributed by atoms with Gasteiger partial charge in [-0.15, -0.1) is 0 Å². The molecule has 150 valence electrons. The van der Waals surface area contributed by atoms with Crippen LogP contribution in [-0.4, -0.2) is 68.2 Å². The molecule has 2 rings (SSSR count). The van der Waals surface area contributed by atoms with Gasteiger partial charge >= 0.3 is 0 Å². The minimum absolute atomic E-state index is 0.0270. The van der Waals surface area contributed by atoms with Gasteiger partial charge < -0.3 is 9.80 Å². The summed E-state index contributed by atoms with van der Waals surface area (Å²) in [6, 6.07) is 3.85. The predicted molar refractivity (Wildman–Crippen MR) is 102 cm³/mol. The Labute approximate surface area is 159 Å². The van der Waals surface area contributed by atoms with E-state index in [1.54, 1.807) is 11.9 Å². The predicted octanol–water partition coefficient (Wildman–Crippen LogP) is 1.68. The number of nitrogens with zero attached hydrogens (tertiary/aromatic N) is 4. The molecule has 1 saturated heterocycles. The molecule has 27 heavy (non-hydrogen) atoms. The lowest BCUT2D eigenvalue weighted by molar-refractivity contribution is -0.384. The van der Waals surface area contributed by atoms with E-state index in [4.69, 9.17) is 0 Å². The molecule has 0 radical (unpaired) electrons. The fraction of sp³-hybridized carbons (Fsp3) is 0.588. The third-order valence-electron chi connectivity index (χ3n) is 4.75. The van der Waals surface area contributed by atoms with E-state index in [0.717, 1.165) is 18.9 Å². The highest BCUT2D eigenvalue weighted by Gasteiger charge is 2.30. The largest absolute Gasteiger partial charge is 0.360 e. The molecule has 9 nitrogen and oxygen atoms in total. The van der Waals surface area contributed by atoms with Crippen LogP contribution in [0.1, 0.15) is 26.7 Å². The van der Waals surface area contributed by atoms with Crippen LogP contribution in [0.25, 0.3) is 0 Å². The lowest BCUT2D eigenvalue weighted by Crippen LogP contribution is -2.39. The van der Waals surface area contributed by atoms with Crippen molar-refractivity contribution in [3.05, 3.63) is 28.3 Å². The smallest absolute Gasteiger partial charge is 0.293 e. The first-order valence-electron chi connectivity index (χ1n) is 8.99. The quantitative estimate of drug-likeness (QED) is 0.487. The van der Waals surface area contributed by atoms with Crippen LogP contribution >= 0.6 is 0 Å². The van der Waals surface area contributed by atoms with Crippen LogP contribution in [0, 0.1) is 10.1 Å². The first-order valence-corrected chi connectivity index (χ1v) is 10.4. The third-order valence-corrected chi connectivity index (χ3v) is 6.64. The molecule has 0 atom stereocenters. The summed E-state index contributed by atoms with van der Waals surface area (Å²) in [5.41, 5.74) is -0.119. The van der Waals surface area contributed by atoms with Gasteiger partial charge in [-0.05, 0) is 38.8 Å². The lowest BCUT2D eigenvalue weighted by atomic mass is 10.2. The van der Waals surface area contributed by atoms with Gasteiger partial charge in [-0.25, -0.2) is 8.42 Å². The molecule has 1 amide bonds. The Kier molecular flexibility index (Phi) is 6.77. The number of sulfonamides is 1. The van der Waals surface area contributed by atoms with Crippen LogP contribution < -0.4 is 4.90 Å². The molecule has 1 aliphatic rings. The Morgan fingerprint density at radius 1 is 1.22 bits per heavy atom. The highest BCUT2D eigenvalue weighted by molar-refractivity contribution is 7.89. The SMILES string of the molecule is CCN(CC)C(=O)CN(C)c1ccc(S(=O)(=O)N2CCCC2)cc1[N+](=O)[O-]. The second-order valence-electron chi connectivity index (χ2n) is 6.44. The zero-order valence-electron chi connectivity index (χ0n) is 15.9. The van der Waals surface area contributed by atoms with Crippen LogP contribution in [0.4, 0.5) is 11.4 Å². The molecule has 1 heterocycles. The minimum atomic E-state index is -3.75.